The summed E-state index contributed by atoms with van der Waals surface area (Å²) < 4.78 is 5.46. The van der Waals surface area contributed by atoms with Crippen LogP contribution in [0, 0.1) is 0 Å². The molecule has 0 aromatic heterocycles. The van der Waals surface area contributed by atoms with Crippen molar-refractivity contribution in [3.63, 3.8) is 0 Å². The topological polar surface area (TPSA) is 21.3 Å². The van der Waals surface area contributed by atoms with Crippen molar-refractivity contribution in [1.29, 1.82) is 0 Å². The Balaban J connectivity index is 1.72. The van der Waals surface area contributed by atoms with Gasteiger partial charge in [0.2, 0.25) is 0 Å². The number of hydrogen-bond donors (Lipinski definition) is 1. The second-order valence-corrected chi connectivity index (χ2v) is 4.89. The Morgan fingerprint density at radius 3 is 2.68 bits per heavy atom. The predicted molar refractivity (Wildman–Crippen MR) is 78.7 cm³/mol. The van der Waals surface area contributed by atoms with Gasteiger partial charge in [0.1, 0.15) is 5.75 Å². The van der Waals surface area contributed by atoms with Gasteiger partial charge < -0.3 is 10.1 Å². The first-order valence-electron chi connectivity index (χ1n) is 6.94. The highest BCUT2D eigenvalue weighted by atomic mass is 16.5. The number of aryl methyl sites for hydroxylation is 1. The Morgan fingerprint density at radius 1 is 1.11 bits per heavy atom. The van der Waals surface area contributed by atoms with Crippen LogP contribution in [-0.2, 0) is 6.42 Å². The average Bonchev–Trinajstić information content (AvgIpc) is 2.85. The van der Waals surface area contributed by atoms with Crippen molar-refractivity contribution in [3.8, 4) is 5.75 Å². The summed E-state index contributed by atoms with van der Waals surface area (Å²) in [6.45, 7) is 2.71. The van der Waals surface area contributed by atoms with E-state index in [1.54, 1.807) is 0 Å². The average molecular weight is 253 g/mol. The number of rotatable bonds is 4. The summed E-state index contributed by atoms with van der Waals surface area (Å²) in [5.74, 6) is 0.930. The van der Waals surface area contributed by atoms with Gasteiger partial charge in [-0.05, 0) is 55.2 Å². The van der Waals surface area contributed by atoms with E-state index < -0.39 is 0 Å². The van der Waals surface area contributed by atoms with Gasteiger partial charge in [0.15, 0.2) is 0 Å². The lowest BCUT2D eigenvalue weighted by atomic mass is 10.1. The Morgan fingerprint density at radius 2 is 1.89 bits per heavy atom. The number of ether oxygens (including phenoxy) is 1. The number of fused-ring (bicyclic) bond motifs is 1. The van der Waals surface area contributed by atoms with Crippen LogP contribution < -0.4 is 10.1 Å². The van der Waals surface area contributed by atoms with E-state index in [9.17, 15) is 0 Å². The molecule has 0 heterocycles. The molecule has 19 heavy (non-hydrogen) atoms. The number of anilines is 1. The van der Waals surface area contributed by atoms with E-state index in [1.165, 1.54) is 24.0 Å². The van der Waals surface area contributed by atoms with Gasteiger partial charge in [0.05, 0.1) is 12.6 Å². The maximum absolute atomic E-state index is 5.46. The van der Waals surface area contributed by atoms with Gasteiger partial charge >= 0.3 is 0 Å². The lowest BCUT2D eigenvalue weighted by Gasteiger charge is -2.16. The molecule has 98 valence electrons. The Kier molecular flexibility index (Phi) is 3.41. The molecule has 2 aromatic rings. The molecule has 0 fully saturated rings. The predicted octanol–water partition coefficient (Wildman–Crippen LogP) is 4.18. The van der Waals surface area contributed by atoms with Gasteiger partial charge in [-0.3, -0.25) is 0 Å². The quantitative estimate of drug-likeness (QED) is 0.882. The zero-order chi connectivity index (χ0) is 13.1. The van der Waals surface area contributed by atoms with Gasteiger partial charge in [-0.25, -0.2) is 0 Å². The lowest BCUT2D eigenvalue weighted by molar-refractivity contribution is 0.340. The number of benzene rings is 2. The molecule has 1 N–H and O–H groups in total. The van der Waals surface area contributed by atoms with E-state index in [0.717, 1.165) is 11.4 Å². The maximum atomic E-state index is 5.46. The summed E-state index contributed by atoms with van der Waals surface area (Å²) in [6, 6.07) is 17.4. The van der Waals surface area contributed by atoms with E-state index in [-0.39, 0.29) is 0 Å². The van der Waals surface area contributed by atoms with Crippen molar-refractivity contribution >= 4 is 5.69 Å². The fourth-order valence-electron chi connectivity index (χ4n) is 2.72. The van der Waals surface area contributed by atoms with E-state index in [1.807, 2.05) is 19.1 Å². The van der Waals surface area contributed by atoms with Crippen LogP contribution in [0.5, 0.6) is 5.75 Å². The van der Waals surface area contributed by atoms with Crippen LogP contribution in [0.15, 0.2) is 48.5 Å². The van der Waals surface area contributed by atoms with E-state index in [2.05, 4.69) is 41.7 Å². The summed E-state index contributed by atoms with van der Waals surface area (Å²) in [4.78, 5) is 0. The van der Waals surface area contributed by atoms with Gasteiger partial charge in [0.25, 0.3) is 0 Å². The molecule has 1 aliphatic rings. The molecular formula is C17H19NO. The fraction of sp³-hybridized carbons (Fsp3) is 0.294. The van der Waals surface area contributed by atoms with Gasteiger partial charge in [-0.2, -0.15) is 0 Å². The molecular weight excluding hydrogens is 234 g/mol. The largest absolute Gasteiger partial charge is 0.494 e. The first-order valence-corrected chi connectivity index (χ1v) is 6.94. The molecule has 0 radical (unpaired) electrons. The third-order valence-corrected chi connectivity index (χ3v) is 3.64. The normalized spacial score (nSPS) is 17.0. The molecule has 0 amide bonds. The highest BCUT2D eigenvalue weighted by Gasteiger charge is 2.21. The second-order valence-electron chi connectivity index (χ2n) is 4.89. The number of nitrogens with one attached hydrogen (secondary N) is 1. The maximum Gasteiger partial charge on any atom is 0.119 e. The van der Waals surface area contributed by atoms with Crippen molar-refractivity contribution in [2.24, 2.45) is 0 Å². The van der Waals surface area contributed by atoms with Gasteiger partial charge in [-0.1, -0.05) is 24.3 Å². The standard InChI is InChI=1S/C17H19NO/c1-2-19-15-10-8-14(9-11-15)18-17-12-7-13-5-3-4-6-16(13)17/h3-6,8-11,17-18H,2,7,12H2,1H3. The van der Waals surface area contributed by atoms with Crippen LogP contribution >= 0.6 is 0 Å². The molecule has 0 saturated heterocycles. The van der Waals surface area contributed by atoms with Crippen LogP contribution in [0.25, 0.3) is 0 Å². The summed E-state index contributed by atoms with van der Waals surface area (Å²) in [7, 11) is 0. The van der Waals surface area contributed by atoms with E-state index in [4.69, 9.17) is 4.74 Å². The molecule has 1 unspecified atom stereocenters. The van der Waals surface area contributed by atoms with Crippen LogP contribution in [-0.4, -0.2) is 6.61 Å². The van der Waals surface area contributed by atoms with Crippen LogP contribution in [0.1, 0.15) is 30.5 Å². The van der Waals surface area contributed by atoms with E-state index >= 15 is 0 Å². The zero-order valence-corrected chi connectivity index (χ0v) is 11.2. The Hall–Kier alpha value is -1.96. The molecule has 0 spiro atoms. The van der Waals surface area contributed by atoms with Crippen molar-refractivity contribution in [2.75, 3.05) is 11.9 Å². The first-order chi connectivity index (χ1) is 9.36. The van der Waals surface area contributed by atoms with Gasteiger partial charge in [0, 0.05) is 5.69 Å². The Bertz CT molecular complexity index is 547. The molecule has 0 saturated carbocycles. The molecule has 2 aromatic carbocycles. The summed E-state index contributed by atoms with van der Waals surface area (Å²) in [5, 5.41) is 3.61. The SMILES string of the molecule is CCOc1ccc(NC2CCc3ccccc32)cc1. The van der Waals surface area contributed by atoms with Crippen molar-refractivity contribution in [1.82, 2.24) is 0 Å². The van der Waals surface area contributed by atoms with Crippen molar-refractivity contribution < 1.29 is 4.74 Å². The van der Waals surface area contributed by atoms with E-state index in [0.29, 0.717) is 12.6 Å². The molecule has 2 nitrogen and oxygen atoms in total. The highest BCUT2D eigenvalue weighted by molar-refractivity contribution is 5.50. The van der Waals surface area contributed by atoms with Gasteiger partial charge in [-0.15, -0.1) is 0 Å². The first kappa shape index (κ1) is 12.1. The fourth-order valence-corrected chi connectivity index (χ4v) is 2.72. The smallest absolute Gasteiger partial charge is 0.119 e. The minimum Gasteiger partial charge on any atom is -0.494 e. The third-order valence-electron chi connectivity index (χ3n) is 3.64. The zero-order valence-electron chi connectivity index (χ0n) is 11.2. The van der Waals surface area contributed by atoms with Crippen molar-refractivity contribution in [3.05, 3.63) is 59.7 Å². The number of hydrogen-bond acceptors (Lipinski definition) is 2. The molecule has 2 heteroatoms. The van der Waals surface area contributed by atoms with Crippen LogP contribution in [0.4, 0.5) is 5.69 Å². The van der Waals surface area contributed by atoms with Crippen molar-refractivity contribution in [2.45, 2.75) is 25.8 Å². The Labute approximate surface area is 114 Å². The summed E-state index contributed by atoms with van der Waals surface area (Å²) in [6.07, 6.45) is 2.34. The molecule has 1 atom stereocenters. The van der Waals surface area contributed by atoms with Crippen LogP contribution in [0.2, 0.25) is 0 Å². The molecule has 0 aliphatic heterocycles. The monoisotopic (exact) mass is 253 g/mol. The molecule has 1 aliphatic carbocycles. The van der Waals surface area contributed by atoms with Crippen LogP contribution in [0.3, 0.4) is 0 Å². The summed E-state index contributed by atoms with van der Waals surface area (Å²) in [5.41, 5.74) is 4.08. The minimum absolute atomic E-state index is 0.439. The second kappa shape index (κ2) is 5.35. The lowest BCUT2D eigenvalue weighted by Crippen LogP contribution is -2.06. The third kappa shape index (κ3) is 2.58. The summed E-state index contributed by atoms with van der Waals surface area (Å²) >= 11 is 0. The minimum atomic E-state index is 0.439. The molecule has 3 rings (SSSR count). The highest BCUT2D eigenvalue weighted by Crippen LogP contribution is 2.33. The molecule has 0 bridgehead atoms.